The van der Waals surface area contributed by atoms with E-state index in [9.17, 15) is 10.1 Å². The minimum atomic E-state index is -0.450. The molecule has 9 heteroatoms. The van der Waals surface area contributed by atoms with E-state index in [0.717, 1.165) is 38.8 Å². The minimum Gasteiger partial charge on any atom is -0.454 e. The number of nitro groups is 1. The highest BCUT2D eigenvalue weighted by molar-refractivity contribution is 7.07. The summed E-state index contributed by atoms with van der Waals surface area (Å²) in [5.41, 5.74) is 4.99. The summed E-state index contributed by atoms with van der Waals surface area (Å²) in [5, 5.41) is 20.8. The molecule has 0 saturated heterocycles. The molecule has 0 amide bonds. The van der Waals surface area contributed by atoms with Crippen molar-refractivity contribution in [2.75, 3.05) is 6.79 Å². The summed E-state index contributed by atoms with van der Waals surface area (Å²) in [6.07, 6.45) is 1.48. The summed E-state index contributed by atoms with van der Waals surface area (Å²) in [5.74, 6) is 0.793. The van der Waals surface area contributed by atoms with Crippen LogP contribution in [0.4, 0.5) is 11.4 Å². The number of thiazole rings is 1. The molecule has 1 aromatic heterocycles. The van der Waals surface area contributed by atoms with Crippen LogP contribution in [-0.4, -0.2) is 22.6 Å². The molecule has 0 bridgehead atoms. The third-order valence-corrected chi connectivity index (χ3v) is 7.18. The van der Waals surface area contributed by atoms with Crippen LogP contribution in [0.3, 0.4) is 0 Å². The summed E-state index contributed by atoms with van der Waals surface area (Å²) >= 11 is 1.46. The first kappa shape index (κ1) is 23.6. The van der Waals surface area contributed by atoms with Gasteiger partial charge in [0.15, 0.2) is 11.5 Å². The standard InChI is InChI=1S/C29H22N4O4S/c1-18-10-11-19(2)24(12-18)31-29-32(26(16-38-29)23-9-5-7-20-6-3-4-8-22(20)23)30-15-21-13-27-28(37-17-36-27)14-25(21)33(34)35/h3-16H,17H2,1-2H3. The van der Waals surface area contributed by atoms with Crippen LogP contribution in [0, 0.1) is 24.0 Å². The highest BCUT2D eigenvalue weighted by Crippen LogP contribution is 2.37. The van der Waals surface area contributed by atoms with Gasteiger partial charge in [-0.3, -0.25) is 10.1 Å². The van der Waals surface area contributed by atoms with Gasteiger partial charge in [-0.15, -0.1) is 11.3 Å². The smallest absolute Gasteiger partial charge is 0.282 e. The molecule has 2 heterocycles. The molecule has 0 unspecified atom stereocenters. The Labute approximate surface area is 221 Å². The zero-order chi connectivity index (χ0) is 26.2. The molecule has 0 aliphatic carbocycles. The maximum Gasteiger partial charge on any atom is 0.282 e. The Balaban J connectivity index is 1.57. The molecule has 0 spiro atoms. The number of benzene rings is 4. The number of ether oxygens (including phenoxy) is 2. The molecule has 1 aliphatic rings. The van der Waals surface area contributed by atoms with Gasteiger partial charge in [0.25, 0.3) is 5.69 Å². The lowest BCUT2D eigenvalue weighted by Crippen LogP contribution is -2.12. The van der Waals surface area contributed by atoms with Crippen LogP contribution in [0.15, 0.2) is 88.3 Å². The van der Waals surface area contributed by atoms with Crippen LogP contribution in [0.1, 0.15) is 16.7 Å². The molecule has 0 atom stereocenters. The summed E-state index contributed by atoms with van der Waals surface area (Å²) in [4.78, 5) is 17.0. The molecule has 8 nitrogen and oxygen atoms in total. The first-order valence-corrected chi connectivity index (χ1v) is 12.8. The number of aromatic nitrogens is 1. The zero-order valence-corrected chi connectivity index (χ0v) is 21.4. The molecule has 5 aromatic rings. The fourth-order valence-electron chi connectivity index (χ4n) is 4.39. The number of fused-ring (bicyclic) bond motifs is 2. The van der Waals surface area contributed by atoms with Crippen molar-refractivity contribution in [2.45, 2.75) is 13.8 Å². The number of hydrogen-bond donors (Lipinski definition) is 0. The van der Waals surface area contributed by atoms with Gasteiger partial charge in [0, 0.05) is 10.9 Å². The van der Waals surface area contributed by atoms with Crippen molar-refractivity contribution < 1.29 is 14.4 Å². The third-order valence-electron chi connectivity index (χ3n) is 6.36. The molecule has 0 radical (unpaired) electrons. The number of nitro benzene ring substituents is 1. The zero-order valence-electron chi connectivity index (χ0n) is 20.6. The monoisotopic (exact) mass is 522 g/mol. The largest absolute Gasteiger partial charge is 0.454 e. The molecule has 0 saturated carbocycles. The van der Waals surface area contributed by atoms with E-state index < -0.39 is 4.92 Å². The Hall–Kier alpha value is -4.76. The fraction of sp³-hybridized carbons (Fsp3) is 0.103. The maximum absolute atomic E-state index is 11.8. The van der Waals surface area contributed by atoms with Crippen LogP contribution in [-0.2, 0) is 0 Å². The Kier molecular flexibility index (Phi) is 5.97. The number of nitrogens with zero attached hydrogens (tertiary/aromatic N) is 4. The summed E-state index contributed by atoms with van der Waals surface area (Å²) in [6.45, 7) is 4.07. The van der Waals surface area contributed by atoms with Crippen LogP contribution in [0.2, 0.25) is 0 Å². The highest BCUT2D eigenvalue weighted by atomic mass is 32.1. The van der Waals surface area contributed by atoms with E-state index in [1.165, 1.54) is 23.6 Å². The Morgan fingerprint density at radius 3 is 2.63 bits per heavy atom. The van der Waals surface area contributed by atoms with Gasteiger partial charge in [0.2, 0.25) is 11.6 Å². The van der Waals surface area contributed by atoms with Gasteiger partial charge in [0.05, 0.1) is 34.1 Å². The first-order chi connectivity index (χ1) is 18.5. The van der Waals surface area contributed by atoms with Gasteiger partial charge in [-0.1, -0.05) is 54.6 Å². The average molecular weight is 523 g/mol. The average Bonchev–Trinajstić information content (AvgIpc) is 3.55. The van der Waals surface area contributed by atoms with E-state index >= 15 is 0 Å². The molecular formula is C29H22N4O4S. The van der Waals surface area contributed by atoms with Crippen LogP contribution < -0.4 is 14.3 Å². The van der Waals surface area contributed by atoms with Crippen molar-refractivity contribution in [1.82, 2.24) is 4.68 Å². The lowest BCUT2D eigenvalue weighted by Gasteiger charge is -2.08. The third kappa shape index (κ3) is 4.33. The van der Waals surface area contributed by atoms with E-state index in [4.69, 9.17) is 19.6 Å². The molecule has 38 heavy (non-hydrogen) atoms. The van der Waals surface area contributed by atoms with Gasteiger partial charge in [0.1, 0.15) is 0 Å². The lowest BCUT2D eigenvalue weighted by molar-refractivity contribution is -0.385. The predicted octanol–water partition coefficient (Wildman–Crippen LogP) is 6.74. The highest BCUT2D eigenvalue weighted by Gasteiger charge is 2.23. The molecular weight excluding hydrogens is 500 g/mol. The number of rotatable bonds is 5. The molecule has 188 valence electrons. The van der Waals surface area contributed by atoms with Crippen molar-refractivity contribution >= 4 is 39.7 Å². The van der Waals surface area contributed by atoms with Crippen molar-refractivity contribution in [3.63, 3.8) is 0 Å². The SMILES string of the molecule is Cc1ccc(C)c(N=c2scc(-c3cccc4ccccc34)n2N=Cc2cc3c(cc2[N+](=O)[O-])OCO3)c1. The second-order valence-electron chi connectivity index (χ2n) is 8.91. The van der Waals surface area contributed by atoms with E-state index in [0.29, 0.717) is 21.9 Å². The number of hydrogen-bond acceptors (Lipinski definition) is 7. The van der Waals surface area contributed by atoms with E-state index in [1.807, 2.05) is 55.6 Å². The van der Waals surface area contributed by atoms with Crippen molar-refractivity contribution in [3.8, 4) is 22.8 Å². The summed E-state index contributed by atoms with van der Waals surface area (Å²) < 4.78 is 12.5. The van der Waals surface area contributed by atoms with Gasteiger partial charge < -0.3 is 9.47 Å². The van der Waals surface area contributed by atoms with E-state index in [1.54, 1.807) is 10.7 Å². The van der Waals surface area contributed by atoms with Crippen LogP contribution >= 0.6 is 11.3 Å². The molecule has 0 fully saturated rings. The number of aryl methyl sites for hydroxylation is 2. The van der Waals surface area contributed by atoms with E-state index in [-0.39, 0.29) is 12.5 Å². The molecule has 4 aromatic carbocycles. The Morgan fingerprint density at radius 2 is 1.79 bits per heavy atom. The summed E-state index contributed by atoms with van der Waals surface area (Å²) in [6, 6.07) is 23.3. The Bertz CT molecular complexity index is 1810. The van der Waals surface area contributed by atoms with Crippen LogP contribution in [0.25, 0.3) is 22.0 Å². The van der Waals surface area contributed by atoms with Gasteiger partial charge in [-0.25, -0.2) is 9.67 Å². The van der Waals surface area contributed by atoms with Gasteiger partial charge >= 0.3 is 0 Å². The van der Waals surface area contributed by atoms with Crippen molar-refractivity contribution in [2.24, 2.45) is 10.1 Å². The van der Waals surface area contributed by atoms with E-state index in [2.05, 4.69) is 24.3 Å². The molecule has 6 rings (SSSR count). The first-order valence-electron chi connectivity index (χ1n) is 11.9. The second kappa shape index (κ2) is 9.60. The fourth-order valence-corrected chi connectivity index (χ4v) is 5.23. The van der Waals surface area contributed by atoms with Crippen molar-refractivity contribution in [1.29, 1.82) is 0 Å². The quantitative estimate of drug-likeness (QED) is 0.145. The maximum atomic E-state index is 11.8. The molecule has 1 aliphatic heterocycles. The minimum absolute atomic E-state index is 0.0243. The second-order valence-corrected chi connectivity index (χ2v) is 9.75. The molecule has 0 N–H and O–H groups in total. The Morgan fingerprint density at radius 1 is 1.00 bits per heavy atom. The predicted molar refractivity (Wildman–Crippen MR) is 149 cm³/mol. The van der Waals surface area contributed by atoms with Crippen LogP contribution in [0.5, 0.6) is 11.5 Å². The van der Waals surface area contributed by atoms with Crippen molar-refractivity contribution in [3.05, 3.63) is 110 Å². The topological polar surface area (TPSA) is 91.2 Å². The normalized spacial score (nSPS) is 13.1. The lowest BCUT2D eigenvalue weighted by atomic mass is 10.0. The van der Waals surface area contributed by atoms with Gasteiger partial charge in [-0.2, -0.15) is 5.10 Å². The summed E-state index contributed by atoms with van der Waals surface area (Å²) in [7, 11) is 0. The van der Waals surface area contributed by atoms with Gasteiger partial charge in [-0.05, 0) is 47.9 Å².